The van der Waals surface area contributed by atoms with Crippen LogP contribution in [0.5, 0.6) is 5.75 Å². The number of carbonyl (C=O) groups excluding carboxylic acids is 3. The number of Topliss-reactive ketones (excluding diaryl/α,β-unsaturated/α-hetero) is 1. The SMILES string of the molecule is COc1ccc(C(=O)[C@@H](C)OC(=O)[C@@H](NC(=O)c2ccccc2C)C(C)C)cc1. The van der Waals surface area contributed by atoms with Gasteiger partial charge in [-0.1, -0.05) is 32.0 Å². The van der Waals surface area contributed by atoms with Gasteiger partial charge in [0, 0.05) is 11.1 Å². The molecular formula is C23H27NO5. The first-order valence-electron chi connectivity index (χ1n) is 9.49. The summed E-state index contributed by atoms with van der Waals surface area (Å²) in [6, 6.07) is 12.8. The van der Waals surface area contributed by atoms with Crippen molar-refractivity contribution in [3.63, 3.8) is 0 Å². The van der Waals surface area contributed by atoms with Gasteiger partial charge in [0.15, 0.2) is 6.10 Å². The molecule has 0 heterocycles. The van der Waals surface area contributed by atoms with Gasteiger partial charge in [-0.25, -0.2) is 4.79 Å². The largest absolute Gasteiger partial charge is 0.497 e. The van der Waals surface area contributed by atoms with Crippen LogP contribution in [-0.4, -0.2) is 36.9 Å². The van der Waals surface area contributed by atoms with Crippen LogP contribution >= 0.6 is 0 Å². The summed E-state index contributed by atoms with van der Waals surface area (Å²) in [6.07, 6.45) is -0.979. The smallest absolute Gasteiger partial charge is 0.329 e. The average molecular weight is 397 g/mol. The second kappa shape index (κ2) is 9.87. The van der Waals surface area contributed by atoms with Crippen molar-refractivity contribution in [1.29, 1.82) is 0 Å². The van der Waals surface area contributed by atoms with Gasteiger partial charge in [-0.15, -0.1) is 0 Å². The Bertz CT molecular complexity index is 873. The van der Waals surface area contributed by atoms with Crippen LogP contribution in [0.25, 0.3) is 0 Å². The third-order valence-corrected chi connectivity index (χ3v) is 4.63. The average Bonchev–Trinajstić information content (AvgIpc) is 2.71. The van der Waals surface area contributed by atoms with Gasteiger partial charge in [0.1, 0.15) is 11.8 Å². The molecule has 6 heteroatoms. The molecule has 0 aliphatic heterocycles. The molecule has 2 aromatic rings. The number of hydrogen-bond acceptors (Lipinski definition) is 5. The number of carbonyl (C=O) groups is 3. The maximum atomic E-state index is 12.7. The zero-order valence-corrected chi connectivity index (χ0v) is 17.4. The Kier molecular flexibility index (Phi) is 7.53. The molecule has 0 saturated heterocycles. The van der Waals surface area contributed by atoms with Crippen LogP contribution in [0.15, 0.2) is 48.5 Å². The fourth-order valence-electron chi connectivity index (χ4n) is 2.84. The topological polar surface area (TPSA) is 81.7 Å². The molecule has 0 aliphatic carbocycles. The maximum Gasteiger partial charge on any atom is 0.329 e. The van der Waals surface area contributed by atoms with Gasteiger partial charge in [-0.05, 0) is 55.7 Å². The molecule has 0 spiro atoms. The van der Waals surface area contributed by atoms with Crippen LogP contribution in [0.3, 0.4) is 0 Å². The van der Waals surface area contributed by atoms with E-state index in [1.165, 1.54) is 6.92 Å². The molecular weight excluding hydrogens is 370 g/mol. The molecule has 2 aromatic carbocycles. The molecule has 1 N–H and O–H groups in total. The van der Waals surface area contributed by atoms with Crippen molar-refractivity contribution in [1.82, 2.24) is 5.32 Å². The van der Waals surface area contributed by atoms with Gasteiger partial charge in [-0.3, -0.25) is 9.59 Å². The summed E-state index contributed by atoms with van der Waals surface area (Å²) in [5, 5.41) is 2.73. The molecule has 0 fully saturated rings. The van der Waals surface area contributed by atoms with E-state index in [1.54, 1.807) is 57.4 Å². The molecule has 0 unspecified atom stereocenters. The molecule has 0 aliphatic rings. The second-order valence-corrected chi connectivity index (χ2v) is 7.18. The molecule has 0 radical (unpaired) electrons. The number of amides is 1. The highest BCUT2D eigenvalue weighted by Crippen LogP contribution is 2.15. The van der Waals surface area contributed by atoms with E-state index < -0.39 is 18.1 Å². The normalized spacial score (nSPS) is 12.8. The summed E-state index contributed by atoms with van der Waals surface area (Å²) < 4.78 is 10.5. The number of benzene rings is 2. The van der Waals surface area contributed by atoms with Gasteiger partial charge in [-0.2, -0.15) is 0 Å². The molecule has 154 valence electrons. The fraction of sp³-hybridized carbons (Fsp3) is 0.348. The lowest BCUT2D eigenvalue weighted by Gasteiger charge is -2.23. The molecule has 2 rings (SSSR count). The number of ketones is 1. The van der Waals surface area contributed by atoms with Crippen molar-refractivity contribution < 1.29 is 23.9 Å². The van der Waals surface area contributed by atoms with E-state index in [1.807, 2.05) is 19.1 Å². The zero-order valence-electron chi connectivity index (χ0n) is 17.4. The standard InChI is InChI=1S/C23H27NO5/c1-14(2)20(24-22(26)19-9-7-6-8-15(19)3)23(27)29-16(4)21(25)17-10-12-18(28-5)13-11-17/h6-14,16,20H,1-5H3,(H,24,26)/t16-,20+/m1/s1. The van der Waals surface area contributed by atoms with E-state index in [9.17, 15) is 14.4 Å². The highest BCUT2D eigenvalue weighted by molar-refractivity contribution is 6.01. The quantitative estimate of drug-likeness (QED) is 0.544. The molecule has 0 saturated carbocycles. The van der Waals surface area contributed by atoms with Crippen molar-refractivity contribution in [2.45, 2.75) is 39.8 Å². The lowest BCUT2D eigenvalue weighted by molar-refractivity contribution is -0.149. The van der Waals surface area contributed by atoms with Crippen LogP contribution in [-0.2, 0) is 9.53 Å². The van der Waals surface area contributed by atoms with Crippen LogP contribution in [0.4, 0.5) is 0 Å². The van der Waals surface area contributed by atoms with Gasteiger partial charge >= 0.3 is 5.97 Å². The number of nitrogens with one attached hydrogen (secondary N) is 1. The number of ether oxygens (including phenoxy) is 2. The predicted molar refractivity (Wildman–Crippen MR) is 110 cm³/mol. The van der Waals surface area contributed by atoms with Crippen LogP contribution in [0, 0.1) is 12.8 Å². The van der Waals surface area contributed by atoms with Crippen LogP contribution in [0.1, 0.15) is 47.1 Å². The Balaban J connectivity index is 2.07. The van der Waals surface area contributed by atoms with E-state index >= 15 is 0 Å². The summed E-state index contributed by atoms with van der Waals surface area (Å²) in [5.41, 5.74) is 1.72. The van der Waals surface area contributed by atoms with Crippen molar-refractivity contribution in [2.24, 2.45) is 5.92 Å². The first-order chi connectivity index (χ1) is 13.7. The highest BCUT2D eigenvalue weighted by atomic mass is 16.5. The minimum absolute atomic E-state index is 0.209. The number of esters is 1. The summed E-state index contributed by atoms with van der Waals surface area (Å²) >= 11 is 0. The minimum Gasteiger partial charge on any atom is -0.497 e. The molecule has 0 aromatic heterocycles. The Morgan fingerprint density at radius 3 is 2.10 bits per heavy atom. The van der Waals surface area contributed by atoms with Crippen molar-refractivity contribution in [2.75, 3.05) is 7.11 Å². The fourth-order valence-corrected chi connectivity index (χ4v) is 2.84. The Morgan fingerprint density at radius 1 is 0.931 bits per heavy atom. The zero-order chi connectivity index (χ0) is 21.6. The van der Waals surface area contributed by atoms with Gasteiger partial charge in [0.25, 0.3) is 5.91 Å². The minimum atomic E-state index is -0.979. The predicted octanol–water partition coefficient (Wildman–Crippen LogP) is 3.57. The first kappa shape index (κ1) is 22.1. The Hall–Kier alpha value is -3.15. The third kappa shape index (κ3) is 5.67. The van der Waals surface area contributed by atoms with E-state index in [0.29, 0.717) is 16.9 Å². The number of hydrogen-bond donors (Lipinski definition) is 1. The molecule has 6 nitrogen and oxygen atoms in total. The van der Waals surface area contributed by atoms with Crippen molar-refractivity contribution in [3.05, 3.63) is 65.2 Å². The second-order valence-electron chi connectivity index (χ2n) is 7.18. The van der Waals surface area contributed by atoms with Crippen molar-refractivity contribution >= 4 is 17.7 Å². The summed E-state index contributed by atoms with van der Waals surface area (Å²) in [7, 11) is 1.54. The first-order valence-corrected chi connectivity index (χ1v) is 9.49. The van der Waals surface area contributed by atoms with Gasteiger partial charge in [0.05, 0.1) is 7.11 Å². The summed E-state index contributed by atoms with van der Waals surface area (Å²) in [5.74, 6) is -0.901. The molecule has 0 bridgehead atoms. The van der Waals surface area contributed by atoms with Gasteiger partial charge in [0.2, 0.25) is 5.78 Å². The highest BCUT2D eigenvalue weighted by Gasteiger charge is 2.29. The summed E-state index contributed by atoms with van der Waals surface area (Å²) in [6.45, 7) is 6.96. The number of aryl methyl sites for hydroxylation is 1. The lowest BCUT2D eigenvalue weighted by atomic mass is 10.0. The van der Waals surface area contributed by atoms with Crippen LogP contribution < -0.4 is 10.1 Å². The molecule has 1 amide bonds. The van der Waals surface area contributed by atoms with E-state index in [0.717, 1.165) is 5.56 Å². The number of methoxy groups -OCH3 is 1. The van der Waals surface area contributed by atoms with Gasteiger partial charge < -0.3 is 14.8 Å². The van der Waals surface area contributed by atoms with E-state index in [2.05, 4.69) is 5.32 Å². The Labute approximate surface area is 171 Å². The van der Waals surface area contributed by atoms with Crippen LogP contribution in [0.2, 0.25) is 0 Å². The molecule has 2 atom stereocenters. The van der Waals surface area contributed by atoms with E-state index in [4.69, 9.17) is 9.47 Å². The monoisotopic (exact) mass is 397 g/mol. The summed E-state index contributed by atoms with van der Waals surface area (Å²) in [4.78, 5) is 37.8. The van der Waals surface area contributed by atoms with E-state index in [-0.39, 0.29) is 17.6 Å². The molecule has 29 heavy (non-hydrogen) atoms. The van der Waals surface area contributed by atoms with Crippen molar-refractivity contribution in [3.8, 4) is 5.75 Å². The third-order valence-electron chi connectivity index (χ3n) is 4.63. The number of rotatable bonds is 8. The maximum absolute atomic E-state index is 12.7. The lowest BCUT2D eigenvalue weighted by Crippen LogP contribution is -2.46. The Morgan fingerprint density at radius 2 is 1.55 bits per heavy atom.